The number of nitrogens with zero attached hydrogens (tertiary/aromatic N) is 4. The summed E-state index contributed by atoms with van der Waals surface area (Å²) in [6, 6.07) is 0. The number of aromatic carboxylic acids is 1. The molecule has 0 aliphatic carbocycles. The molecular weight excluding hydrogens is 234 g/mol. The number of rotatable bonds is 3. The summed E-state index contributed by atoms with van der Waals surface area (Å²) < 4.78 is 1.75. The van der Waals surface area contributed by atoms with E-state index in [1.54, 1.807) is 4.68 Å². The van der Waals surface area contributed by atoms with Crippen molar-refractivity contribution < 1.29 is 9.90 Å². The van der Waals surface area contributed by atoms with E-state index in [9.17, 15) is 4.79 Å². The number of nitrogens with one attached hydrogen (secondary N) is 1. The number of hydrogen-bond acceptors (Lipinski definition) is 5. The number of anilines is 2. The maximum Gasteiger partial charge on any atom is 0.338 e. The smallest absolute Gasteiger partial charge is 0.338 e. The first kappa shape index (κ1) is 12.0. The quantitative estimate of drug-likeness (QED) is 0.848. The third-order valence-electron chi connectivity index (χ3n) is 2.64. The molecule has 94 valence electrons. The highest BCUT2D eigenvalue weighted by Gasteiger charge is 2.11. The number of carboxylic acids is 1. The fourth-order valence-electron chi connectivity index (χ4n) is 1.57. The van der Waals surface area contributed by atoms with Crippen LogP contribution in [0.3, 0.4) is 0 Å². The van der Waals surface area contributed by atoms with Crippen molar-refractivity contribution >= 4 is 17.6 Å². The number of aryl methyl sites for hydroxylation is 2. The molecule has 0 bridgehead atoms. The molecule has 2 heterocycles. The fourth-order valence-corrected chi connectivity index (χ4v) is 1.57. The highest BCUT2D eigenvalue weighted by Crippen LogP contribution is 2.21. The second-order valence-electron chi connectivity index (χ2n) is 3.89. The Labute approximate surface area is 104 Å². The standard InChI is InChI=1S/C11H13N5O2/c1-6-9(7(2)16(3)15-6)14-11-12-4-8(5-13-11)10(17)18/h4-5H,1-3H3,(H,17,18)(H,12,13,14). The van der Waals surface area contributed by atoms with Gasteiger partial charge in [0.25, 0.3) is 0 Å². The molecule has 0 atom stereocenters. The van der Waals surface area contributed by atoms with Crippen LogP contribution in [0.25, 0.3) is 0 Å². The van der Waals surface area contributed by atoms with Gasteiger partial charge >= 0.3 is 5.97 Å². The minimum absolute atomic E-state index is 0.0557. The molecule has 0 aliphatic rings. The van der Waals surface area contributed by atoms with Gasteiger partial charge in [0.1, 0.15) is 0 Å². The highest BCUT2D eigenvalue weighted by molar-refractivity contribution is 5.86. The van der Waals surface area contributed by atoms with E-state index in [4.69, 9.17) is 5.11 Å². The number of carboxylic acid groups (broad SMARTS) is 1. The van der Waals surface area contributed by atoms with Crippen molar-refractivity contribution in [1.29, 1.82) is 0 Å². The first-order valence-electron chi connectivity index (χ1n) is 5.31. The van der Waals surface area contributed by atoms with Crippen molar-refractivity contribution in [3.05, 3.63) is 29.3 Å². The second-order valence-corrected chi connectivity index (χ2v) is 3.89. The molecule has 0 spiro atoms. The molecule has 0 fully saturated rings. The summed E-state index contributed by atoms with van der Waals surface area (Å²) in [6.07, 6.45) is 2.53. The highest BCUT2D eigenvalue weighted by atomic mass is 16.4. The van der Waals surface area contributed by atoms with Gasteiger partial charge in [-0.15, -0.1) is 0 Å². The van der Waals surface area contributed by atoms with Gasteiger partial charge in [0.15, 0.2) is 0 Å². The van der Waals surface area contributed by atoms with Gasteiger partial charge in [-0.2, -0.15) is 5.10 Å². The predicted octanol–water partition coefficient (Wildman–Crippen LogP) is 1.27. The molecule has 0 saturated heterocycles. The minimum Gasteiger partial charge on any atom is -0.478 e. The molecule has 2 aromatic rings. The lowest BCUT2D eigenvalue weighted by Crippen LogP contribution is -2.03. The summed E-state index contributed by atoms with van der Waals surface area (Å²) in [5.74, 6) is -0.700. The van der Waals surface area contributed by atoms with Crippen LogP contribution in [0.1, 0.15) is 21.7 Å². The maximum absolute atomic E-state index is 10.7. The molecule has 0 unspecified atom stereocenters. The van der Waals surface area contributed by atoms with Crippen molar-refractivity contribution in [2.75, 3.05) is 5.32 Å². The van der Waals surface area contributed by atoms with Gasteiger partial charge in [-0.3, -0.25) is 4.68 Å². The fraction of sp³-hybridized carbons (Fsp3) is 0.273. The minimum atomic E-state index is -1.05. The molecule has 0 radical (unpaired) electrons. The van der Waals surface area contributed by atoms with E-state index >= 15 is 0 Å². The molecule has 0 aliphatic heterocycles. The molecule has 2 rings (SSSR count). The van der Waals surface area contributed by atoms with Gasteiger partial charge in [0.2, 0.25) is 5.95 Å². The molecule has 2 N–H and O–H groups in total. The Bertz CT molecular complexity index is 588. The first-order chi connectivity index (χ1) is 8.49. The normalized spacial score (nSPS) is 10.4. The average molecular weight is 247 g/mol. The second kappa shape index (κ2) is 4.44. The molecular formula is C11H13N5O2. The van der Waals surface area contributed by atoms with Gasteiger partial charge in [0, 0.05) is 19.4 Å². The largest absolute Gasteiger partial charge is 0.478 e. The first-order valence-corrected chi connectivity index (χ1v) is 5.31. The zero-order chi connectivity index (χ0) is 13.3. The average Bonchev–Trinajstić information content (AvgIpc) is 2.57. The van der Waals surface area contributed by atoms with Crippen molar-refractivity contribution in [2.45, 2.75) is 13.8 Å². The van der Waals surface area contributed by atoms with Crippen LogP contribution in [0.15, 0.2) is 12.4 Å². The van der Waals surface area contributed by atoms with Gasteiger partial charge in [-0.05, 0) is 13.8 Å². The summed E-state index contributed by atoms with van der Waals surface area (Å²) >= 11 is 0. The van der Waals surface area contributed by atoms with Gasteiger partial charge in [-0.25, -0.2) is 14.8 Å². The van der Waals surface area contributed by atoms with Crippen LogP contribution in [-0.4, -0.2) is 30.8 Å². The Kier molecular flexibility index (Phi) is 2.97. The van der Waals surface area contributed by atoms with Gasteiger partial charge in [0.05, 0.1) is 22.6 Å². The Hall–Kier alpha value is -2.44. The third-order valence-corrected chi connectivity index (χ3v) is 2.64. The van der Waals surface area contributed by atoms with Crippen LogP contribution in [0.4, 0.5) is 11.6 Å². The zero-order valence-corrected chi connectivity index (χ0v) is 10.3. The van der Waals surface area contributed by atoms with Crippen LogP contribution in [0.2, 0.25) is 0 Å². The SMILES string of the molecule is Cc1nn(C)c(C)c1Nc1ncc(C(=O)O)cn1. The third kappa shape index (κ3) is 2.15. The molecule has 0 saturated carbocycles. The van der Waals surface area contributed by atoms with Crippen molar-refractivity contribution in [3.8, 4) is 0 Å². The Morgan fingerprint density at radius 2 is 1.94 bits per heavy atom. The van der Waals surface area contributed by atoms with E-state index in [1.807, 2.05) is 20.9 Å². The van der Waals surface area contributed by atoms with Crippen molar-refractivity contribution in [2.24, 2.45) is 7.05 Å². The van der Waals surface area contributed by atoms with Crippen LogP contribution in [0, 0.1) is 13.8 Å². The number of hydrogen-bond donors (Lipinski definition) is 2. The van der Waals surface area contributed by atoms with E-state index in [2.05, 4.69) is 20.4 Å². The molecule has 7 nitrogen and oxygen atoms in total. The molecule has 7 heteroatoms. The Morgan fingerprint density at radius 3 is 2.39 bits per heavy atom. The molecule has 2 aromatic heterocycles. The van der Waals surface area contributed by atoms with Gasteiger partial charge < -0.3 is 10.4 Å². The van der Waals surface area contributed by atoms with Crippen molar-refractivity contribution in [1.82, 2.24) is 19.7 Å². The summed E-state index contributed by atoms with van der Waals surface area (Å²) in [5.41, 5.74) is 2.68. The lowest BCUT2D eigenvalue weighted by Gasteiger charge is -2.04. The zero-order valence-electron chi connectivity index (χ0n) is 10.3. The van der Waals surface area contributed by atoms with E-state index in [0.717, 1.165) is 17.1 Å². The predicted molar refractivity (Wildman–Crippen MR) is 65.0 cm³/mol. The van der Waals surface area contributed by atoms with E-state index in [-0.39, 0.29) is 5.56 Å². The number of aromatic nitrogens is 4. The van der Waals surface area contributed by atoms with Gasteiger partial charge in [-0.1, -0.05) is 0 Å². The molecule has 0 aromatic carbocycles. The Morgan fingerprint density at radius 1 is 1.33 bits per heavy atom. The lowest BCUT2D eigenvalue weighted by atomic mass is 10.3. The van der Waals surface area contributed by atoms with Crippen LogP contribution in [0.5, 0.6) is 0 Å². The Balaban J connectivity index is 2.26. The summed E-state index contributed by atoms with van der Waals surface area (Å²) in [6.45, 7) is 3.80. The lowest BCUT2D eigenvalue weighted by molar-refractivity contribution is 0.0696. The summed E-state index contributed by atoms with van der Waals surface area (Å²) in [7, 11) is 1.85. The topological polar surface area (TPSA) is 92.9 Å². The van der Waals surface area contributed by atoms with Crippen molar-refractivity contribution in [3.63, 3.8) is 0 Å². The van der Waals surface area contributed by atoms with Crippen LogP contribution >= 0.6 is 0 Å². The maximum atomic E-state index is 10.7. The molecule has 18 heavy (non-hydrogen) atoms. The summed E-state index contributed by atoms with van der Waals surface area (Å²) in [4.78, 5) is 18.6. The van der Waals surface area contributed by atoms with E-state index < -0.39 is 5.97 Å². The molecule has 0 amide bonds. The number of carbonyl (C=O) groups is 1. The summed E-state index contributed by atoms with van der Waals surface area (Å²) in [5, 5.41) is 16.0. The van der Waals surface area contributed by atoms with Crippen LogP contribution < -0.4 is 5.32 Å². The monoisotopic (exact) mass is 247 g/mol. The van der Waals surface area contributed by atoms with E-state index in [1.165, 1.54) is 12.4 Å². The van der Waals surface area contributed by atoms with Crippen LogP contribution in [-0.2, 0) is 7.05 Å². The van der Waals surface area contributed by atoms with E-state index in [0.29, 0.717) is 5.95 Å².